The van der Waals surface area contributed by atoms with Crippen LogP contribution in [0.25, 0.3) is 0 Å². The first-order valence-electron chi connectivity index (χ1n) is 6.55. The summed E-state index contributed by atoms with van der Waals surface area (Å²) >= 11 is 3.45. The van der Waals surface area contributed by atoms with Gasteiger partial charge in [0.05, 0.1) is 13.7 Å². The smallest absolute Gasteiger partial charge is 0.188 e. The summed E-state index contributed by atoms with van der Waals surface area (Å²) in [6.07, 6.45) is 3.96. The fraction of sp³-hybridized carbons (Fsp3) is 0.500. The molecule has 0 spiro atoms. The highest BCUT2D eigenvalue weighted by Crippen LogP contribution is 2.25. The molecule has 1 aliphatic carbocycles. The van der Waals surface area contributed by atoms with E-state index in [2.05, 4.69) is 26.2 Å². The summed E-state index contributed by atoms with van der Waals surface area (Å²) in [5, 5.41) is 3.18. The highest BCUT2D eigenvalue weighted by Gasteiger charge is 2.16. The maximum atomic E-state index is 5.86. The van der Waals surface area contributed by atoms with Crippen molar-refractivity contribution in [2.24, 2.45) is 16.6 Å². The van der Waals surface area contributed by atoms with Crippen LogP contribution in [0.1, 0.15) is 24.8 Å². The summed E-state index contributed by atoms with van der Waals surface area (Å²) in [5.74, 6) is 2.11. The van der Waals surface area contributed by atoms with E-state index in [1.807, 2.05) is 18.2 Å². The lowest BCUT2D eigenvalue weighted by Gasteiger charge is -2.25. The quantitative estimate of drug-likeness (QED) is 0.646. The molecule has 1 aliphatic rings. The molecule has 1 fully saturated rings. The van der Waals surface area contributed by atoms with Crippen molar-refractivity contribution in [3.63, 3.8) is 0 Å². The van der Waals surface area contributed by atoms with Crippen LogP contribution in [0.4, 0.5) is 0 Å². The van der Waals surface area contributed by atoms with E-state index in [1.165, 1.54) is 19.3 Å². The van der Waals surface area contributed by atoms with E-state index < -0.39 is 0 Å². The summed E-state index contributed by atoms with van der Waals surface area (Å²) in [6, 6.07) is 5.87. The molecule has 0 saturated heterocycles. The molecule has 0 aromatic heterocycles. The van der Waals surface area contributed by atoms with Crippen molar-refractivity contribution in [3.8, 4) is 5.75 Å². The van der Waals surface area contributed by atoms with Gasteiger partial charge in [0, 0.05) is 16.6 Å². The van der Waals surface area contributed by atoms with Crippen molar-refractivity contribution in [1.82, 2.24) is 5.32 Å². The summed E-state index contributed by atoms with van der Waals surface area (Å²) in [7, 11) is 1.66. The number of benzene rings is 1. The standard InChI is InChI=1S/C14H20BrN3O/c1-19-13-6-5-12(15)7-11(13)9-18-14(16)17-8-10-3-2-4-10/h5-7,10H,2-4,8-9H2,1H3,(H3,16,17,18). The maximum absolute atomic E-state index is 5.86. The van der Waals surface area contributed by atoms with Crippen LogP contribution in [-0.2, 0) is 6.54 Å². The number of hydrogen-bond acceptors (Lipinski definition) is 2. The molecule has 0 aliphatic heterocycles. The Morgan fingerprint density at radius 1 is 1.53 bits per heavy atom. The van der Waals surface area contributed by atoms with Crippen molar-refractivity contribution in [2.75, 3.05) is 13.7 Å². The van der Waals surface area contributed by atoms with Crippen molar-refractivity contribution < 1.29 is 4.74 Å². The van der Waals surface area contributed by atoms with Crippen LogP contribution in [0.15, 0.2) is 27.7 Å². The number of nitrogens with two attached hydrogens (primary N) is 1. The Balaban J connectivity index is 1.90. The molecule has 5 heteroatoms. The molecule has 0 amide bonds. The Kier molecular flexibility index (Phi) is 5.07. The van der Waals surface area contributed by atoms with E-state index in [0.717, 1.165) is 28.2 Å². The first kappa shape index (κ1) is 14.2. The molecule has 1 aromatic carbocycles. The van der Waals surface area contributed by atoms with Gasteiger partial charge in [-0.2, -0.15) is 0 Å². The summed E-state index contributed by atoms with van der Waals surface area (Å²) in [5.41, 5.74) is 6.88. The average molecular weight is 326 g/mol. The lowest BCUT2D eigenvalue weighted by molar-refractivity contribution is 0.315. The Bertz CT molecular complexity index is 458. The minimum absolute atomic E-state index is 0.508. The Hall–Kier alpha value is -1.23. The SMILES string of the molecule is COc1ccc(Br)cc1CN=C(N)NCC1CCC1. The zero-order chi connectivity index (χ0) is 13.7. The van der Waals surface area contributed by atoms with Gasteiger partial charge in [-0.1, -0.05) is 22.4 Å². The minimum atomic E-state index is 0.508. The van der Waals surface area contributed by atoms with E-state index >= 15 is 0 Å². The molecule has 0 unspecified atom stereocenters. The van der Waals surface area contributed by atoms with Gasteiger partial charge in [-0.05, 0) is 37.0 Å². The van der Waals surface area contributed by atoms with Gasteiger partial charge in [0.15, 0.2) is 5.96 Å². The first-order valence-corrected chi connectivity index (χ1v) is 7.34. The number of rotatable bonds is 5. The van der Waals surface area contributed by atoms with E-state index in [4.69, 9.17) is 10.5 Å². The zero-order valence-electron chi connectivity index (χ0n) is 11.2. The van der Waals surface area contributed by atoms with Crippen LogP contribution in [0.2, 0.25) is 0 Å². The van der Waals surface area contributed by atoms with Crippen LogP contribution in [-0.4, -0.2) is 19.6 Å². The van der Waals surface area contributed by atoms with Crippen LogP contribution in [0.3, 0.4) is 0 Å². The molecular formula is C14H20BrN3O. The molecule has 2 rings (SSSR count). The highest BCUT2D eigenvalue weighted by atomic mass is 79.9. The number of methoxy groups -OCH3 is 1. The average Bonchev–Trinajstić information content (AvgIpc) is 2.34. The predicted octanol–water partition coefficient (Wildman–Crippen LogP) is 2.66. The van der Waals surface area contributed by atoms with Gasteiger partial charge in [0.25, 0.3) is 0 Å². The Labute approximate surface area is 122 Å². The summed E-state index contributed by atoms with van der Waals surface area (Å²) < 4.78 is 6.32. The van der Waals surface area contributed by atoms with E-state index in [9.17, 15) is 0 Å². The molecule has 0 heterocycles. The van der Waals surface area contributed by atoms with Gasteiger partial charge in [0.2, 0.25) is 0 Å². The molecule has 0 atom stereocenters. The molecule has 1 saturated carbocycles. The molecule has 104 valence electrons. The zero-order valence-corrected chi connectivity index (χ0v) is 12.7. The fourth-order valence-corrected chi connectivity index (χ4v) is 2.45. The summed E-state index contributed by atoms with van der Waals surface area (Å²) in [6.45, 7) is 1.46. The number of aliphatic imine (C=N–C) groups is 1. The molecular weight excluding hydrogens is 306 g/mol. The van der Waals surface area contributed by atoms with Crippen LogP contribution < -0.4 is 15.8 Å². The van der Waals surface area contributed by atoms with Gasteiger partial charge in [0.1, 0.15) is 5.75 Å². The van der Waals surface area contributed by atoms with Crippen LogP contribution >= 0.6 is 15.9 Å². The second kappa shape index (κ2) is 6.80. The van der Waals surface area contributed by atoms with Crippen LogP contribution in [0, 0.1) is 5.92 Å². The topological polar surface area (TPSA) is 59.6 Å². The Morgan fingerprint density at radius 2 is 2.32 bits per heavy atom. The number of guanidine groups is 1. The second-order valence-electron chi connectivity index (χ2n) is 4.84. The van der Waals surface area contributed by atoms with Crippen molar-refractivity contribution in [2.45, 2.75) is 25.8 Å². The molecule has 3 N–H and O–H groups in total. The van der Waals surface area contributed by atoms with Gasteiger partial charge in [-0.25, -0.2) is 4.99 Å². The molecule has 0 bridgehead atoms. The number of ether oxygens (including phenoxy) is 1. The Morgan fingerprint density at radius 3 is 2.95 bits per heavy atom. The molecule has 0 radical (unpaired) electrons. The third kappa shape index (κ3) is 4.13. The minimum Gasteiger partial charge on any atom is -0.496 e. The highest BCUT2D eigenvalue weighted by molar-refractivity contribution is 9.10. The monoisotopic (exact) mass is 325 g/mol. The third-order valence-corrected chi connectivity index (χ3v) is 3.95. The molecule has 1 aromatic rings. The number of halogens is 1. The maximum Gasteiger partial charge on any atom is 0.188 e. The predicted molar refractivity (Wildman–Crippen MR) is 81.4 cm³/mol. The van der Waals surface area contributed by atoms with Gasteiger partial charge >= 0.3 is 0 Å². The number of hydrogen-bond donors (Lipinski definition) is 2. The first-order chi connectivity index (χ1) is 9.19. The molecule has 4 nitrogen and oxygen atoms in total. The van der Waals surface area contributed by atoms with E-state index in [-0.39, 0.29) is 0 Å². The van der Waals surface area contributed by atoms with Gasteiger partial charge in [-0.15, -0.1) is 0 Å². The molecule has 19 heavy (non-hydrogen) atoms. The summed E-state index contributed by atoms with van der Waals surface area (Å²) in [4.78, 5) is 4.36. The van der Waals surface area contributed by atoms with E-state index in [0.29, 0.717) is 12.5 Å². The number of nitrogens with zero attached hydrogens (tertiary/aromatic N) is 1. The lowest BCUT2D eigenvalue weighted by atomic mass is 9.85. The lowest BCUT2D eigenvalue weighted by Crippen LogP contribution is -2.37. The largest absolute Gasteiger partial charge is 0.496 e. The van der Waals surface area contributed by atoms with Crippen molar-refractivity contribution in [3.05, 3.63) is 28.2 Å². The van der Waals surface area contributed by atoms with Crippen LogP contribution in [0.5, 0.6) is 5.75 Å². The fourth-order valence-electron chi connectivity index (χ4n) is 2.04. The second-order valence-corrected chi connectivity index (χ2v) is 5.75. The van der Waals surface area contributed by atoms with Gasteiger partial charge in [-0.3, -0.25) is 0 Å². The van der Waals surface area contributed by atoms with Gasteiger partial charge < -0.3 is 15.8 Å². The van der Waals surface area contributed by atoms with Crippen molar-refractivity contribution in [1.29, 1.82) is 0 Å². The third-order valence-electron chi connectivity index (χ3n) is 3.46. The van der Waals surface area contributed by atoms with Crippen molar-refractivity contribution >= 4 is 21.9 Å². The van der Waals surface area contributed by atoms with E-state index in [1.54, 1.807) is 7.11 Å². The number of nitrogens with one attached hydrogen (secondary N) is 1. The normalized spacial score (nSPS) is 16.0.